The molecule has 0 spiro atoms. The van der Waals surface area contributed by atoms with Crippen molar-refractivity contribution < 1.29 is 26.7 Å². The topological polar surface area (TPSA) is 89.9 Å². The molecule has 0 amide bonds. The average molecular weight is 421 g/mol. The van der Waals surface area contributed by atoms with Crippen molar-refractivity contribution in [2.45, 2.75) is 6.18 Å². The van der Waals surface area contributed by atoms with Gasteiger partial charge in [0.05, 0.1) is 10.7 Å². The molecule has 1 aromatic carbocycles. The Morgan fingerprint density at radius 1 is 1.14 bits per heavy atom. The lowest BCUT2D eigenvalue weighted by molar-refractivity contribution is -0.141. The van der Waals surface area contributed by atoms with Crippen molar-refractivity contribution in [2.75, 3.05) is 0 Å². The van der Waals surface area contributed by atoms with E-state index < -0.39 is 46.6 Å². The second kappa shape index (κ2) is 7.03. The van der Waals surface area contributed by atoms with E-state index >= 15 is 0 Å². The molecule has 2 aromatic heterocycles. The molecule has 0 atom stereocenters. The quantitative estimate of drug-likeness (QED) is 0.519. The summed E-state index contributed by atoms with van der Waals surface area (Å²) in [4.78, 5) is 32.3. The second-order valence-electron chi connectivity index (χ2n) is 5.16. The Hall–Kier alpha value is -3.28. The number of halogens is 6. The van der Waals surface area contributed by atoms with Crippen molar-refractivity contribution >= 4 is 11.6 Å². The molecular formula is C15H6ClF5N4O3. The third-order valence-electron chi connectivity index (χ3n) is 3.28. The fourth-order valence-electron chi connectivity index (χ4n) is 2.11. The van der Waals surface area contributed by atoms with Crippen LogP contribution in [0.4, 0.5) is 22.0 Å². The summed E-state index contributed by atoms with van der Waals surface area (Å²) in [6, 6.07) is 1.90. The predicted molar refractivity (Wildman–Crippen MR) is 84.7 cm³/mol. The number of benzene rings is 1. The van der Waals surface area contributed by atoms with Crippen molar-refractivity contribution in [2.24, 2.45) is 0 Å². The van der Waals surface area contributed by atoms with E-state index in [0.717, 1.165) is 18.3 Å². The average Bonchev–Trinajstić information content (AvgIpc) is 2.57. The van der Waals surface area contributed by atoms with Crippen molar-refractivity contribution in [3.8, 4) is 17.4 Å². The molecular weight excluding hydrogens is 415 g/mol. The van der Waals surface area contributed by atoms with Crippen LogP contribution in [0, 0.1) is 11.8 Å². The third-order valence-corrected chi connectivity index (χ3v) is 3.58. The van der Waals surface area contributed by atoms with Crippen molar-refractivity contribution in [1.82, 2.24) is 19.5 Å². The molecule has 0 fully saturated rings. The summed E-state index contributed by atoms with van der Waals surface area (Å²) in [5.74, 6) is -2.53. The van der Waals surface area contributed by atoms with Crippen LogP contribution in [0.3, 0.4) is 0 Å². The number of ether oxygens (including phenoxy) is 1. The summed E-state index contributed by atoms with van der Waals surface area (Å²) in [6.07, 6.45) is -3.97. The van der Waals surface area contributed by atoms with Gasteiger partial charge in [-0.1, -0.05) is 11.6 Å². The molecule has 0 bridgehead atoms. The van der Waals surface area contributed by atoms with E-state index in [-0.39, 0.29) is 21.4 Å². The minimum atomic E-state index is -4.99. The first kappa shape index (κ1) is 19.5. The van der Waals surface area contributed by atoms with E-state index in [0.29, 0.717) is 6.07 Å². The second-order valence-corrected chi connectivity index (χ2v) is 5.56. The van der Waals surface area contributed by atoms with Gasteiger partial charge in [0.15, 0.2) is 5.75 Å². The number of hydrogen-bond donors (Lipinski definition) is 1. The summed E-state index contributed by atoms with van der Waals surface area (Å²) in [6.45, 7) is 0. The number of H-pyrrole nitrogens is 1. The molecule has 0 saturated carbocycles. The molecule has 0 saturated heterocycles. The summed E-state index contributed by atoms with van der Waals surface area (Å²) in [7, 11) is 0. The Labute approximate surface area is 156 Å². The summed E-state index contributed by atoms with van der Waals surface area (Å²) < 4.78 is 70.6. The van der Waals surface area contributed by atoms with Gasteiger partial charge in [-0.15, -0.1) is 0 Å². The van der Waals surface area contributed by atoms with E-state index in [1.165, 1.54) is 4.98 Å². The van der Waals surface area contributed by atoms with E-state index in [1.54, 1.807) is 0 Å². The van der Waals surface area contributed by atoms with Crippen LogP contribution in [0.2, 0.25) is 5.02 Å². The Bertz CT molecular complexity index is 1140. The van der Waals surface area contributed by atoms with Gasteiger partial charge in [0, 0.05) is 24.4 Å². The Morgan fingerprint density at radius 3 is 2.46 bits per heavy atom. The van der Waals surface area contributed by atoms with Crippen molar-refractivity contribution in [3.63, 3.8) is 0 Å². The first-order chi connectivity index (χ1) is 13.1. The third kappa shape index (κ3) is 3.86. The number of alkyl halides is 3. The van der Waals surface area contributed by atoms with Crippen LogP contribution >= 0.6 is 11.6 Å². The van der Waals surface area contributed by atoms with Crippen molar-refractivity contribution in [1.29, 1.82) is 0 Å². The SMILES string of the molecule is O=c1cc(C(F)(F)F)[nH]c(=O)n1-c1cc(Oc2nccc(F)n2)c(Cl)cc1F. The zero-order valence-corrected chi connectivity index (χ0v) is 14.0. The maximum atomic E-state index is 14.2. The normalized spacial score (nSPS) is 11.5. The van der Waals surface area contributed by atoms with Crippen LogP contribution in [0.15, 0.2) is 40.1 Å². The number of rotatable bonds is 3. The fraction of sp³-hybridized carbons (Fsp3) is 0.0667. The highest BCUT2D eigenvalue weighted by Crippen LogP contribution is 2.31. The van der Waals surface area contributed by atoms with Gasteiger partial charge in [0.25, 0.3) is 5.56 Å². The highest BCUT2D eigenvalue weighted by molar-refractivity contribution is 6.32. The highest BCUT2D eigenvalue weighted by Gasteiger charge is 2.33. The zero-order chi connectivity index (χ0) is 20.6. The molecule has 0 unspecified atom stereocenters. The lowest BCUT2D eigenvalue weighted by Gasteiger charge is -2.12. The lowest BCUT2D eigenvalue weighted by Crippen LogP contribution is -2.36. The van der Waals surface area contributed by atoms with Crippen LogP contribution in [-0.4, -0.2) is 19.5 Å². The first-order valence-electron chi connectivity index (χ1n) is 7.15. The summed E-state index contributed by atoms with van der Waals surface area (Å²) in [5.41, 5.74) is -5.35. The molecule has 2 heterocycles. The number of aromatic nitrogens is 4. The molecule has 0 aliphatic heterocycles. The minimum Gasteiger partial charge on any atom is -0.423 e. The molecule has 0 radical (unpaired) electrons. The van der Waals surface area contributed by atoms with Crippen LogP contribution in [0.1, 0.15) is 5.69 Å². The van der Waals surface area contributed by atoms with Crippen LogP contribution in [0.25, 0.3) is 5.69 Å². The van der Waals surface area contributed by atoms with E-state index in [1.807, 2.05) is 0 Å². The lowest BCUT2D eigenvalue weighted by atomic mass is 10.2. The highest BCUT2D eigenvalue weighted by atomic mass is 35.5. The number of nitrogens with zero attached hydrogens (tertiary/aromatic N) is 3. The standard InChI is InChI=1S/C15H6ClF5N4O3/c16-6-3-7(17)8(4-9(6)28-13-22-2-1-11(18)24-13)25-12(26)5-10(15(19,20)21)23-14(25)27/h1-5H,(H,23,27). The first-order valence-corrected chi connectivity index (χ1v) is 7.53. The molecule has 7 nitrogen and oxygen atoms in total. The number of hydrogen-bond acceptors (Lipinski definition) is 5. The molecule has 1 N–H and O–H groups in total. The maximum absolute atomic E-state index is 14.2. The monoisotopic (exact) mass is 420 g/mol. The molecule has 0 aliphatic rings. The van der Waals surface area contributed by atoms with Gasteiger partial charge in [-0.2, -0.15) is 22.5 Å². The van der Waals surface area contributed by atoms with E-state index in [9.17, 15) is 31.5 Å². The van der Waals surface area contributed by atoms with Gasteiger partial charge < -0.3 is 9.72 Å². The van der Waals surface area contributed by atoms with Crippen molar-refractivity contribution in [3.05, 3.63) is 73.8 Å². The van der Waals surface area contributed by atoms with Crippen LogP contribution in [-0.2, 0) is 6.18 Å². The minimum absolute atomic E-state index is 0.0889. The van der Waals surface area contributed by atoms with Crippen LogP contribution < -0.4 is 16.0 Å². The molecule has 28 heavy (non-hydrogen) atoms. The van der Waals surface area contributed by atoms with E-state index in [4.69, 9.17) is 16.3 Å². The van der Waals surface area contributed by atoms with Gasteiger partial charge in [-0.3, -0.25) is 4.79 Å². The van der Waals surface area contributed by atoms with Gasteiger partial charge in [-0.25, -0.2) is 18.7 Å². The number of nitrogens with one attached hydrogen (secondary N) is 1. The largest absolute Gasteiger partial charge is 0.431 e. The maximum Gasteiger partial charge on any atom is 0.431 e. The molecule has 146 valence electrons. The summed E-state index contributed by atoms with van der Waals surface area (Å²) in [5, 5.41) is -0.356. The van der Waals surface area contributed by atoms with Gasteiger partial charge in [0.2, 0.25) is 5.95 Å². The van der Waals surface area contributed by atoms with Gasteiger partial charge in [0.1, 0.15) is 11.5 Å². The summed E-state index contributed by atoms with van der Waals surface area (Å²) >= 11 is 5.81. The Kier molecular flexibility index (Phi) is 4.89. The fourth-order valence-corrected chi connectivity index (χ4v) is 2.30. The smallest absolute Gasteiger partial charge is 0.423 e. The van der Waals surface area contributed by atoms with Gasteiger partial charge in [-0.05, 0) is 6.07 Å². The predicted octanol–water partition coefficient (Wildman–Crippen LogP) is 3.06. The Balaban J connectivity index is 2.13. The van der Waals surface area contributed by atoms with Crippen LogP contribution in [0.5, 0.6) is 11.8 Å². The Morgan fingerprint density at radius 2 is 1.86 bits per heavy atom. The zero-order valence-electron chi connectivity index (χ0n) is 13.2. The van der Waals surface area contributed by atoms with E-state index in [2.05, 4.69) is 9.97 Å². The molecule has 13 heteroatoms. The molecule has 3 rings (SSSR count). The number of aromatic amines is 1. The molecule has 3 aromatic rings. The molecule has 0 aliphatic carbocycles. The van der Waals surface area contributed by atoms with Gasteiger partial charge >= 0.3 is 17.9 Å².